The van der Waals surface area contributed by atoms with Crippen molar-refractivity contribution >= 4 is 10.8 Å². The van der Waals surface area contributed by atoms with Crippen LogP contribution in [-0.2, 0) is 0 Å². The fourth-order valence-electron chi connectivity index (χ4n) is 1.78. The quantitative estimate of drug-likeness (QED) is 0.632. The van der Waals surface area contributed by atoms with E-state index in [0.29, 0.717) is 5.92 Å². The van der Waals surface area contributed by atoms with Gasteiger partial charge in [-0.05, 0) is 34.4 Å². The fraction of sp³-hybridized carbons (Fsp3) is 0.231. The van der Waals surface area contributed by atoms with Gasteiger partial charge in [0.15, 0.2) is 0 Å². The van der Waals surface area contributed by atoms with Crippen LogP contribution in [0.15, 0.2) is 36.4 Å². The molecule has 14 heavy (non-hydrogen) atoms. The summed E-state index contributed by atoms with van der Waals surface area (Å²) in [5, 5.41) is 2.14. The Kier molecular flexibility index (Phi) is 2.24. The number of halogens is 1. The molecule has 72 valence electrons. The Bertz CT molecular complexity index is 458. The first-order valence-corrected chi connectivity index (χ1v) is 4.86. The second-order valence-electron chi connectivity index (χ2n) is 3.87. The van der Waals surface area contributed by atoms with E-state index in [1.807, 2.05) is 18.2 Å². The topological polar surface area (TPSA) is 0 Å². The van der Waals surface area contributed by atoms with Gasteiger partial charge in [0.05, 0.1) is 0 Å². The molecule has 1 heteroatoms. The number of rotatable bonds is 1. The van der Waals surface area contributed by atoms with E-state index >= 15 is 0 Å². The summed E-state index contributed by atoms with van der Waals surface area (Å²) in [7, 11) is 0. The van der Waals surface area contributed by atoms with Crippen molar-refractivity contribution in [2.45, 2.75) is 19.8 Å². The highest BCUT2D eigenvalue weighted by molar-refractivity contribution is 5.86. The van der Waals surface area contributed by atoms with Crippen molar-refractivity contribution in [1.29, 1.82) is 0 Å². The van der Waals surface area contributed by atoms with Crippen LogP contribution in [0.5, 0.6) is 0 Å². The third-order valence-electron chi connectivity index (χ3n) is 2.50. The van der Waals surface area contributed by atoms with E-state index in [9.17, 15) is 4.39 Å². The molecule has 0 heterocycles. The Morgan fingerprint density at radius 1 is 1.07 bits per heavy atom. The van der Waals surface area contributed by atoms with Crippen LogP contribution in [0.25, 0.3) is 10.8 Å². The third kappa shape index (κ3) is 1.50. The normalized spacial score (nSPS) is 11.1. The van der Waals surface area contributed by atoms with Crippen molar-refractivity contribution in [2.24, 2.45) is 0 Å². The van der Waals surface area contributed by atoms with Crippen LogP contribution >= 0.6 is 0 Å². The van der Waals surface area contributed by atoms with Gasteiger partial charge >= 0.3 is 0 Å². The Morgan fingerprint density at radius 2 is 1.86 bits per heavy atom. The minimum atomic E-state index is -0.168. The highest BCUT2D eigenvalue weighted by Gasteiger charge is 2.04. The zero-order valence-corrected chi connectivity index (χ0v) is 8.42. The van der Waals surface area contributed by atoms with Crippen molar-refractivity contribution in [3.63, 3.8) is 0 Å². The predicted molar refractivity (Wildman–Crippen MR) is 58.0 cm³/mol. The van der Waals surface area contributed by atoms with Crippen LogP contribution < -0.4 is 0 Å². The molecule has 0 fully saturated rings. The van der Waals surface area contributed by atoms with E-state index in [2.05, 4.69) is 19.9 Å². The molecular weight excluding hydrogens is 175 g/mol. The first-order chi connectivity index (χ1) is 6.68. The van der Waals surface area contributed by atoms with Gasteiger partial charge in [0.25, 0.3) is 0 Å². The maximum absolute atomic E-state index is 13.0. The maximum atomic E-state index is 13.0. The molecule has 0 aromatic heterocycles. The first-order valence-electron chi connectivity index (χ1n) is 4.86. The van der Waals surface area contributed by atoms with Gasteiger partial charge in [0.2, 0.25) is 0 Å². The van der Waals surface area contributed by atoms with E-state index in [-0.39, 0.29) is 5.82 Å². The van der Waals surface area contributed by atoms with E-state index in [1.165, 1.54) is 11.6 Å². The summed E-state index contributed by atoms with van der Waals surface area (Å²) in [6, 6.07) is 11.0. The monoisotopic (exact) mass is 188 g/mol. The Balaban J connectivity index is 2.75. The minimum Gasteiger partial charge on any atom is -0.207 e. The Morgan fingerprint density at radius 3 is 2.57 bits per heavy atom. The zero-order chi connectivity index (χ0) is 10.1. The molecule has 0 bridgehead atoms. The van der Waals surface area contributed by atoms with Gasteiger partial charge in [-0.25, -0.2) is 4.39 Å². The summed E-state index contributed by atoms with van der Waals surface area (Å²) < 4.78 is 13.0. The summed E-state index contributed by atoms with van der Waals surface area (Å²) in [5.41, 5.74) is 1.28. The van der Waals surface area contributed by atoms with Crippen LogP contribution in [0.4, 0.5) is 4.39 Å². The van der Waals surface area contributed by atoms with Crippen LogP contribution in [0.1, 0.15) is 25.3 Å². The van der Waals surface area contributed by atoms with Crippen LogP contribution in [0, 0.1) is 5.82 Å². The largest absolute Gasteiger partial charge is 0.207 e. The van der Waals surface area contributed by atoms with Crippen molar-refractivity contribution in [3.8, 4) is 0 Å². The van der Waals surface area contributed by atoms with Gasteiger partial charge in [-0.15, -0.1) is 0 Å². The molecule has 2 rings (SSSR count). The minimum absolute atomic E-state index is 0.168. The maximum Gasteiger partial charge on any atom is 0.123 e. The highest BCUT2D eigenvalue weighted by atomic mass is 19.1. The van der Waals surface area contributed by atoms with Crippen LogP contribution in [-0.4, -0.2) is 0 Å². The van der Waals surface area contributed by atoms with Gasteiger partial charge in [-0.2, -0.15) is 0 Å². The van der Waals surface area contributed by atoms with Crippen LogP contribution in [0.3, 0.4) is 0 Å². The van der Waals surface area contributed by atoms with Crippen molar-refractivity contribution in [3.05, 3.63) is 47.8 Å². The first kappa shape index (κ1) is 9.20. The summed E-state index contributed by atoms with van der Waals surface area (Å²) in [5.74, 6) is 0.308. The molecule has 0 radical (unpaired) electrons. The van der Waals surface area contributed by atoms with Crippen molar-refractivity contribution < 1.29 is 4.39 Å². The second-order valence-corrected chi connectivity index (χ2v) is 3.87. The molecular formula is C13H13F. The van der Waals surface area contributed by atoms with Crippen molar-refractivity contribution in [2.75, 3.05) is 0 Å². The Hall–Kier alpha value is -1.37. The lowest BCUT2D eigenvalue weighted by Gasteiger charge is -2.09. The molecule has 2 aromatic rings. The zero-order valence-electron chi connectivity index (χ0n) is 8.42. The standard InChI is InChI=1S/C13H13F/c1-9(2)12-5-3-4-10-8-11(14)6-7-13(10)12/h3-9H,1-2H3. The molecule has 0 saturated heterocycles. The molecule has 0 nitrogen and oxygen atoms in total. The lowest BCUT2D eigenvalue weighted by Crippen LogP contribution is -1.89. The molecule has 0 unspecified atom stereocenters. The molecule has 0 aliphatic carbocycles. The molecule has 2 aromatic carbocycles. The van der Waals surface area contributed by atoms with Gasteiger partial charge in [-0.3, -0.25) is 0 Å². The van der Waals surface area contributed by atoms with E-state index < -0.39 is 0 Å². The molecule has 0 saturated carbocycles. The van der Waals surface area contributed by atoms with Gasteiger partial charge in [0.1, 0.15) is 5.82 Å². The molecule has 0 amide bonds. The predicted octanol–water partition coefficient (Wildman–Crippen LogP) is 4.10. The second kappa shape index (κ2) is 3.41. The summed E-state index contributed by atoms with van der Waals surface area (Å²) in [6.07, 6.45) is 0. The number of fused-ring (bicyclic) bond motifs is 1. The smallest absolute Gasteiger partial charge is 0.123 e. The average Bonchev–Trinajstić information content (AvgIpc) is 2.16. The van der Waals surface area contributed by atoms with E-state index in [1.54, 1.807) is 6.07 Å². The van der Waals surface area contributed by atoms with E-state index in [4.69, 9.17) is 0 Å². The highest BCUT2D eigenvalue weighted by Crippen LogP contribution is 2.25. The van der Waals surface area contributed by atoms with E-state index in [0.717, 1.165) is 10.8 Å². The SMILES string of the molecule is CC(C)c1cccc2cc(F)ccc12. The Labute approximate surface area is 83.4 Å². The van der Waals surface area contributed by atoms with Gasteiger partial charge < -0.3 is 0 Å². The van der Waals surface area contributed by atoms with Crippen molar-refractivity contribution in [1.82, 2.24) is 0 Å². The number of hydrogen-bond donors (Lipinski definition) is 0. The number of benzene rings is 2. The van der Waals surface area contributed by atoms with Gasteiger partial charge in [-0.1, -0.05) is 38.1 Å². The molecule has 0 aliphatic rings. The summed E-state index contributed by atoms with van der Waals surface area (Å²) in [6.45, 7) is 4.30. The molecule has 0 aliphatic heterocycles. The molecule has 0 atom stereocenters. The molecule has 0 spiro atoms. The van der Waals surface area contributed by atoms with Crippen LogP contribution in [0.2, 0.25) is 0 Å². The average molecular weight is 188 g/mol. The lowest BCUT2D eigenvalue weighted by molar-refractivity contribution is 0.629. The third-order valence-corrected chi connectivity index (χ3v) is 2.50. The van der Waals surface area contributed by atoms with Gasteiger partial charge in [0, 0.05) is 0 Å². The summed E-state index contributed by atoms with van der Waals surface area (Å²) >= 11 is 0. The fourth-order valence-corrected chi connectivity index (χ4v) is 1.78. The number of hydrogen-bond acceptors (Lipinski definition) is 0. The molecule has 0 N–H and O–H groups in total. The lowest BCUT2D eigenvalue weighted by atomic mass is 9.96. The summed E-state index contributed by atoms with van der Waals surface area (Å²) in [4.78, 5) is 0.